The molecule has 3 rings (SSSR count). The molecule has 0 aliphatic rings. The van der Waals surface area contributed by atoms with Crippen LogP contribution in [0.3, 0.4) is 0 Å². The van der Waals surface area contributed by atoms with Crippen LogP contribution in [-0.2, 0) is 4.79 Å². The fraction of sp³-hybridized carbons (Fsp3) is 0.0588. The molecule has 1 aromatic heterocycles. The number of benzene rings is 2. The minimum Gasteiger partial charge on any atom is -0.378 e. The maximum atomic E-state index is 11.9. The average molecular weight is 372 g/mol. The van der Waals surface area contributed by atoms with Gasteiger partial charge in [-0.15, -0.1) is 0 Å². The number of nitrogens with zero attached hydrogens (tertiary/aromatic N) is 1. The largest absolute Gasteiger partial charge is 0.378 e. The zero-order valence-electron chi connectivity index (χ0n) is 12.0. The van der Waals surface area contributed by atoms with E-state index < -0.39 is 12.0 Å². The van der Waals surface area contributed by atoms with E-state index in [-0.39, 0.29) is 0 Å². The molecule has 3 aromatic rings. The molecule has 6 heteroatoms. The Morgan fingerprint density at radius 1 is 1.26 bits per heavy atom. The Hall–Kier alpha value is -2.44. The molecule has 0 saturated heterocycles. The van der Waals surface area contributed by atoms with E-state index in [4.69, 9.17) is 0 Å². The number of fused-ring (bicyclic) bond motifs is 1. The maximum absolute atomic E-state index is 11.9. The third kappa shape index (κ3) is 3.49. The molecule has 0 aliphatic carbocycles. The van der Waals surface area contributed by atoms with E-state index in [2.05, 4.69) is 31.4 Å². The Labute approximate surface area is 141 Å². The highest BCUT2D eigenvalue weighted by Gasteiger charge is 2.16. The molecule has 3 N–H and O–H groups in total. The molecule has 2 aromatic carbocycles. The fourth-order valence-corrected chi connectivity index (χ4v) is 2.60. The van der Waals surface area contributed by atoms with Gasteiger partial charge in [-0.05, 0) is 23.8 Å². The van der Waals surface area contributed by atoms with Crippen LogP contribution in [-0.4, -0.2) is 22.2 Å². The molecule has 0 radical (unpaired) electrons. The Morgan fingerprint density at radius 2 is 2.04 bits per heavy atom. The Balaban J connectivity index is 1.70. The van der Waals surface area contributed by atoms with Crippen molar-refractivity contribution in [3.63, 3.8) is 0 Å². The van der Waals surface area contributed by atoms with Gasteiger partial charge in [0.25, 0.3) is 5.91 Å². The molecule has 5 nitrogen and oxygen atoms in total. The highest BCUT2D eigenvalue weighted by molar-refractivity contribution is 9.10. The number of aliphatic hydroxyl groups is 1. The number of nitrogens with one attached hydrogen (secondary N) is 2. The van der Waals surface area contributed by atoms with Gasteiger partial charge >= 0.3 is 0 Å². The minimum atomic E-state index is -1.24. The molecule has 1 heterocycles. The first-order valence-corrected chi connectivity index (χ1v) is 7.77. The first kappa shape index (κ1) is 15.5. The quantitative estimate of drug-likeness (QED) is 0.486. The highest BCUT2D eigenvalue weighted by atomic mass is 79.9. The van der Waals surface area contributed by atoms with Gasteiger partial charge in [0.1, 0.15) is 0 Å². The molecular formula is C17H14BrN3O2. The number of halogens is 1. The van der Waals surface area contributed by atoms with Crippen molar-refractivity contribution in [2.45, 2.75) is 6.10 Å². The molecule has 0 bridgehead atoms. The fourth-order valence-electron chi connectivity index (χ4n) is 2.23. The summed E-state index contributed by atoms with van der Waals surface area (Å²) in [5, 5.41) is 14.9. The normalized spacial score (nSPS) is 12.6. The molecule has 23 heavy (non-hydrogen) atoms. The van der Waals surface area contributed by atoms with Crippen LogP contribution < -0.4 is 5.43 Å². The van der Waals surface area contributed by atoms with Crippen LogP contribution in [0.25, 0.3) is 10.9 Å². The molecular weight excluding hydrogens is 358 g/mol. The van der Waals surface area contributed by atoms with Gasteiger partial charge < -0.3 is 10.1 Å². The number of hydrazone groups is 1. The second-order valence-corrected chi connectivity index (χ2v) is 5.90. The number of H-pyrrole nitrogens is 1. The summed E-state index contributed by atoms with van der Waals surface area (Å²) >= 11 is 3.43. The SMILES string of the molecule is O=C(N/N=C/c1c[nH]c2ccc(Br)cc12)[C@H](O)c1ccccc1. The van der Waals surface area contributed by atoms with E-state index in [0.717, 1.165) is 20.9 Å². The number of hydrogen-bond donors (Lipinski definition) is 3. The monoisotopic (exact) mass is 371 g/mol. The van der Waals surface area contributed by atoms with Gasteiger partial charge in [0.15, 0.2) is 6.10 Å². The summed E-state index contributed by atoms with van der Waals surface area (Å²) in [5.74, 6) is -0.575. The van der Waals surface area contributed by atoms with Crippen LogP contribution in [0, 0.1) is 0 Å². The van der Waals surface area contributed by atoms with E-state index >= 15 is 0 Å². The summed E-state index contributed by atoms with van der Waals surface area (Å²) in [4.78, 5) is 15.0. The van der Waals surface area contributed by atoms with Gasteiger partial charge in [-0.1, -0.05) is 46.3 Å². The predicted octanol–water partition coefficient (Wildman–Crippen LogP) is 3.11. The number of aliphatic hydroxyl groups excluding tert-OH is 1. The minimum absolute atomic E-state index is 0.524. The zero-order valence-corrected chi connectivity index (χ0v) is 13.6. The molecule has 0 unspecified atom stereocenters. The lowest BCUT2D eigenvalue weighted by molar-refractivity contribution is -0.129. The first-order valence-electron chi connectivity index (χ1n) is 6.98. The van der Waals surface area contributed by atoms with E-state index in [0.29, 0.717) is 5.56 Å². The van der Waals surface area contributed by atoms with Gasteiger partial charge in [-0.2, -0.15) is 5.10 Å². The highest BCUT2D eigenvalue weighted by Crippen LogP contribution is 2.21. The summed E-state index contributed by atoms with van der Waals surface area (Å²) < 4.78 is 0.961. The number of amides is 1. The van der Waals surface area contributed by atoms with Crippen molar-refractivity contribution in [3.8, 4) is 0 Å². The maximum Gasteiger partial charge on any atom is 0.273 e. The third-order valence-corrected chi connectivity index (χ3v) is 3.91. The number of aromatic nitrogens is 1. The van der Waals surface area contributed by atoms with Crippen molar-refractivity contribution in [3.05, 3.63) is 70.3 Å². The predicted molar refractivity (Wildman–Crippen MR) is 93.1 cm³/mol. The Bertz CT molecular complexity index is 859. The van der Waals surface area contributed by atoms with Crippen LogP contribution in [0.15, 0.2) is 64.3 Å². The van der Waals surface area contributed by atoms with Gasteiger partial charge in [0, 0.05) is 27.1 Å². The lowest BCUT2D eigenvalue weighted by Crippen LogP contribution is -2.25. The smallest absolute Gasteiger partial charge is 0.273 e. The summed E-state index contributed by atoms with van der Waals surface area (Å²) in [6, 6.07) is 14.6. The number of carbonyl (C=O) groups is 1. The van der Waals surface area contributed by atoms with E-state index in [1.54, 1.807) is 36.7 Å². The summed E-state index contributed by atoms with van der Waals surface area (Å²) in [5.41, 5.74) is 4.70. The first-order chi connectivity index (χ1) is 11.1. The number of rotatable bonds is 4. The molecule has 0 fully saturated rings. The Kier molecular flexibility index (Phi) is 4.55. The standard InChI is InChI=1S/C17H14BrN3O2/c18-13-6-7-15-14(8-13)12(9-19-15)10-20-21-17(23)16(22)11-4-2-1-3-5-11/h1-10,16,19,22H,(H,21,23)/b20-10+/t16-/m1/s1. The summed E-state index contributed by atoms with van der Waals surface area (Å²) in [7, 11) is 0. The second kappa shape index (κ2) is 6.76. The van der Waals surface area contributed by atoms with Gasteiger partial charge in [0.05, 0.1) is 6.21 Å². The topological polar surface area (TPSA) is 77.5 Å². The van der Waals surface area contributed by atoms with Crippen molar-refractivity contribution < 1.29 is 9.90 Å². The van der Waals surface area contributed by atoms with E-state index in [1.165, 1.54) is 0 Å². The Morgan fingerprint density at radius 3 is 2.83 bits per heavy atom. The second-order valence-electron chi connectivity index (χ2n) is 4.98. The van der Waals surface area contributed by atoms with Crippen LogP contribution in [0.4, 0.5) is 0 Å². The summed E-state index contributed by atoms with van der Waals surface area (Å²) in [6.07, 6.45) is 2.10. The van der Waals surface area contributed by atoms with Gasteiger partial charge in [-0.3, -0.25) is 4.79 Å². The molecule has 0 aliphatic heterocycles. The molecule has 0 saturated carbocycles. The number of carbonyl (C=O) groups excluding carboxylic acids is 1. The van der Waals surface area contributed by atoms with Crippen LogP contribution in [0.1, 0.15) is 17.2 Å². The van der Waals surface area contributed by atoms with Crippen molar-refractivity contribution in [2.75, 3.05) is 0 Å². The van der Waals surface area contributed by atoms with Crippen molar-refractivity contribution in [1.82, 2.24) is 10.4 Å². The van der Waals surface area contributed by atoms with Crippen LogP contribution in [0.2, 0.25) is 0 Å². The van der Waals surface area contributed by atoms with E-state index in [9.17, 15) is 9.90 Å². The average Bonchev–Trinajstić information content (AvgIpc) is 2.97. The van der Waals surface area contributed by atoms with Crippen molar-refractivity contribution in [2.24, 2.45) is 5.10 Å². The van der Waals surface area contributed by atoms with Crippen molar-refractivity contribution in [1.29, 1.82) is 0 Å². The van der Waals surface area contributed by atoms with Crippen LogP contribution in [0.5, 0.6) is 0 Å². The lowest BCUT2D eigenvalue weighted by Gasteiger charge is -2.08. The molecule has 1 atom stereocenters. The molecule has 1 amide bonds. The van der Waals surface area contributed by atoms with Gasteiger partial charge in [-0.25, -0.2) is 5.43 Å². The lowest BCUT2D eigenvalue weighted by atomic mass is 10.1. The van der Waals surface area contributed by atoms with Gasteiger partial charge in [0.2, 0.25) is 0 Å². The number of hydrogen-bond acceptors (Lipinski definition) is 3. The molecule has 116 valence electrons. The molecule has 0 spiro atoms. The van der Waals surface area contributed by atoms with Crippen LogP contribution >= 0.6 is 15.9 Å². The third-order valence-electron chi connectivity index (χ3n) is 3.42. The summed E-state index contributed by atoms with van der Waals surface area (Å²) in [6.45, 7) is 0. The number of aromatic amines is 1. The van der Waals surface area contributed by atoms with Crippen molar-refractivity contribution >= 4 is 39.0 Å². The van der Waals surface area contributed by atoms with E-state index in [1.807, 2.05) is 24.3 Å². The zero-order chi connectivity index (χ0) is 16.2.